The van der Waals surface area contributed by atoms with Gasteiger partial charge in [-0.25, -0.2) is 4.79 Å². The average molecular weight is 316 g/mol. The van der Waals surface area contributed by atoms with E-state index in [2.05, 4.69) is 5.32 Å². The molecule has 0 bridgehead atoms. The number of hydrogen-bond donors (Lipinski definition) is 3. The number of furan rings is 1. The van der Waals surface area contributed by atoms with Crippen LogP contribution in [-0.4, -0.2) is 28.9 Å². The second kappa shape index (κ2) is 7.26. The molecule has 0 aliphatic carbocycles. The molecule has 1 atom stereocenters. The van der Waals surface area contributed by atoms with E-state index >= 15 is 0 Å². The lowest BCUT2D eigenvalue weighted by Gasteiger charge is -2.12. The Hall–Kier alpha value is -3.09. The molecule has 2 rings (SSSR count). The third-order valence-electron chi connectivity index (χ3n) is 3.20. The molecule has 1 heterocycles. The summed E-state index contributed by atoms with van der Waals surface area (Å²) >= 11 is 0. The topological polar surface area (TPSA) is 123 Å². The lowest BCUT2D eigenvalue weighted by molar-refractivity contribution is -0.139. The van der Waals surface area contributed by atoms with Crippen molar-refractivity contribution in [2.24, 2.45) is 5.73 Å². The van der Waals surface area contributed by atoms with Crippen LogP contribution in [0.1, 0.15) is 23.2 Å². The molecule has 120 valence electrons. The number of rotatable bonds is 7. The van der Waals surface area contributed by atoms with Gasteiger partial charge in [-0.05, 0) is 12.5 Å². The van der Waals surface area contributed by atoms with Gasteiger partial charge in [0, 0.05) is 12.0 Å². The number of aliphatic carboxylic acids is 1. The molecular weight excluding hydrogens is 300 g/mol. The van der Waals surface area contributed by atoms with E-state index in [1.54, 1.807) is 0 Å². The van der Waals surface area contributed by atoms with Gasteiger partial charge >= 0.3 is 5.97 Å². The molecule has 1 aromatic carbocycles. The Morgan fingerprint density at radius 1 is 1.22 bits per heavy atom. The van der Waals surface area contributed by atoms with Crippen molar-refractivity contribution in [1.82, 2.24) is 5.32 Å². The highest BCUT2D eigenvalue weighted by atomic mass is 16.4. The van der Waals surface area contributed by atoms with Crippen molar-refractivity contribution >= 4 is 17.8 Å². The molecular formula is C16H16N2O5. The number of carbonyl (C=O) groups is 3. The van der Waals surface area contributed by atoms with Gasteiger partial charge < -0.3 is 20.6 Å². The molecule has 0 aliphatic heterocycles. The summed E-state index contributed by atoms with van der Waals surface area (Å²) in [5.41, 5.74) is 5.99. The Bertz CT molecular complexity index is 708. The van der Waals surface area contributed by atoms with Crippen LogP contribution in [0, 0.1) is 0 Å². The molecule has 7 heteroatoms. The molecule has 0 saturated heterocycles. The number of carboxylic acids is 1. The predicted octanol–water partition coefficient (Wildman–Crippen LogP) is 1.40. The summed E-state index contributed by atoms with van der Waals surface area (Å²) in [5.74, 6) is -1.95. The van der Waals surface area contributed by atoms with E-state index in [-0.39, 0.29) is 18.4 Å². The van der Waals surface area contributed by atoms with Crippen molar-refractivity contribution in [1.29, 1.82) is 0 Å². The van der Waals surface area contributed by atoms with E-state index in [1.165, 1.54) is 12.3 Å². The van der Waals surface area contributed by atoms with Gasteiger partial charge in [0.2, 0.25) is 5.91 Å². The number of carbonyl (C=O) groups excluding carboxylic acids is 2. The van der Waals surface area contributed by atoms with Crippen LogP contribution in [0.2, 0.25) is 0 Å². The van der Waals surface area contributed by atoms with E-state index < -0.39 is 23.8 Å². The standard InChI is InChI=1S/C16H16N2O5/c17-14(19)7-6-12(16(21)22)18-15(20)11-8-13(23-9-11)10-4-2-1-3-5-10/h1-5,8-9,12H,6-7H2,(H2,17,19)(H,18,20)(H,21,22)/t12-/m0/s1. The Balaban J connectivity index is 2.06. The molecule has 0 unspecified atom stereocenters. The fraction of sp³-hybridized carbons (Fsp3) is 0.188. The molecule has 0 spiro atoms. The van der Waals surface area contributed by atoms with Crippen LogP contribution in [0.25, 0.3) is 11.3 Å². The maximum absolute atomic E-state index is 12.1. The second-order valence-corrected chi connectivity index (χ2v) is 4.93. The van der Waals surface area contributed by atoms with Crippen LogP contribution in [0.3, 0.4) is 0 Å². The lowest BCUT2D eigenvalue weighted by atomic mass is 10.1. The van der Waals surface area contributed by atoms with Gasteiger partial charge in [0.15, 0.2) is 0 Å². The first kappa shape index (κ1) is 16.3. The molecule has 0 fully saturated rings. The summed E-state index contributed by atoms with van der Waals surface area (Å²) in [5, 5.41) is 11.4. The average Bonchev–Trinajstić information content (AvgIpc) is 3.01. The number of carboxylic acid groups (broad SMARTS) is 1. The highest BCUT2D eigenvalue weighted by Crippen LogP contribution is 2.21. The van der Waals surface area contributed by atoms with Crippen LogP contribution in [0.4, 0.5) is 0 Å². The van der Waals surface area contributed by atoms with Crippen LogP contribution in [0.5, 0.6) is 0 Å². The predicted molar refractivity (Wildman–Crippen MR) is 81.5 cm³/mol. The summed E-state index contributed by atoms with van der Waals surface area (Å²) in [6.45, 7) is 0. The van der Waals surface area contributed by atoms with Gasteiger partial charge in [-0.1, -0.05) is 30.3 Å². The van der Waals surface area contributed by atoms with Gasteiger partial charge in [-0.15, -0.1) is 0 Å². The van der Waals surface area contributed by atoms with Crippen LogP contribution in [0.15, 0.2) is 47.1 Å². The molecule has 7 nitrogen and oxygen atoms in total. The van der Waals surface area contributed by atoms with E-state index in [0.717, 1.165) is 5.56 Å². The van der Waals surface area contributed by atoms with E-state index in [1.807, 2.05) is 30.3 Å². The van der Waals surface area contributed by atoms with E-state index in [4.69, 9.17) is 15.3 Å². The Kier molecular flexibility index (Phi) is 5.14. The van der Waals surface area contributed by atoms with Gasteiger partial charge in [-0.3, -0.25) is 9.59 Å². The minimum Gasteiger partial charge on any atom is -0.480 e. The van der Waals surface area contributed by atoms with Gasteiger partial charge in [0.1, 0.15) is 18.1 Å². The molecule has 0 saturated carbocycles. The second-order valence-electron chi connectivity index (χ2n) is 4.93. The summed E-state index contributed by atoms with van der Waals surface area (Å²) in [4.78, 5) is 34.0. The molecule has 23 heavy (non-hydrogen) atoms. The van der Waals surface area contributed by atoms with Crippen LogP contribution < -0.4 is 11.1 Å². The van der Waals surface area contributed by atoms with E-state index in [0.29, 0.717) is 5.76 Å². The smallest absolute Gasteiger partial charge is 0.326 e. The van der Waals surface area contributed by atoms with E-state index in [9.17, 15) is 14.4 Å². The molecule has 2 aromatic rings. The van der Waals surface area contributed by atoms with Crippen molar-refractivity contribution in [3.05, 3.63) is 48.2 Å². The first-order valence-electron chi connectivity index (χ1n) is 6.93. The quantitative estimate of drug-likeness (QED) is 0.712. The molecule has 4 N–H and O–H groups in total. The zero-order valence-electron chi connectivity index (χ0n) is 12.2. The van der Waals surface area contributed by atoms with Crippen molar-refractivity contribution in [2.75, 3.05) is 0 Å². The molecule has 0 radical (unpaired) electrons. The van der Waals surface area contributed by atoms with Crippen molar-refractivity contribution in [3.63, 3.8) is 0 Å². The fourth-order valence-corrected chi connectivity index (χ4v) is 1.99. The number of nitrogens with two attached hydrogens (primary N) is 1. The Morgan fingerprint density at radius 3 is 2.52 bits per heavy atom. The first-order chi connectivity index (χ1) is 11.0. The number of nitrogens with one attached hydrogen (secondary N) is 1. The van der Waals surface area contributed by atoms with Crippen LogP contribution >= 0.6 is 0 Å². The number of amides is 2. The number of hydrogen-bond acceptors (Lipinski definition) is 4. The minimum absolute atomic E-state index is 0.0696. The fourth-order valence-electron chi connectivity index (χ4n) is 1.99. The third-order valence-corrected chi connectivity index (χ3v) is 3.20. The number of primary amides is 1. The zero-order chi connectivity index (χ0) is 16.8. The summed E-state index contributed by atoms with van der Waals surface area (Å²) in [7, 11) is 0. The molecule has 2 amide bonds. The van der Waals surface area contributed by atoms with Crippen molar-refractivity contribution in [2.45, 2.75) is 18.9 Å². The third kappa shape index (κ3) is 4.44. The lowest BCUT2D eigenvalue weighted by Crippen LogP contribution is -2.41. The first-order valence-corrected chi connectivity index (χ1v) is 6.93. The highest BCUT2D eigenvalue weighted by Gasteiger charge is 2.22. The van der Waals surface area contributed by atoms with Gasteiger partial charge in [-0.2, -0.15) is 0 Å². The largest absolute Gasteiger partial charge is 0.480 e. The Morgan fingerprint density at radius 2 is 1.91 bits per heavy atom. The Labute approximate surface area is 132 Å². The molecule has 0 aliphatic rings. The normalized spacial score (nSPS) is 11.7. The van der Waals surface area contributed by atoms with Crippen molar-refractivity contribution in [3.8, 4) is 11.3 Å². The summed E-state index contributed by atoms with van der Waals surface area (Å²) in [6.07, 6.45) is 1.06. The van der Waals surface area contributed by atoms with Crippen molar-refractivity contribution < 1.29 is 23.9 Å². The number of benzene rings is 1. The van der Waals surface area contributed by atoms with Crippen LogP contribution in [-0.2, 0) is 9.59 Å². The zero-order valence-corrected chi connectivity index (χ0v) is 12.2. The SMILES string of the molecule is NC(=O)CC[C@H](NC(=O)c1coc(-c2ccccc2)c1)C(=O)O. The maximum atomic E-state index is 12.1. The summed E-state index contributed by atoms with van der Waals surface area (Å²) in [6, 6.07) is 9.52. The maximum Gasteiger partial charge on any atom is 0.326 e. The highest BCUT2D eigenvalue weighted by molar-refractivity contribution is 5.97. The summed E-state index contributed by atoms with van der Waals surface area (Å²) < 4.78 is 5.33. The minimum atomic E-state index is -1.23. The molecule has 1 aromatic heterocycles. The van der Waals surface area contributed by atoms with Gasteiger partial charge in [0.05, 0.1) is 5.56 Å². The monoisotopic (exact) mass is 316 g/mol. The van der Waals surface area contributed by atoms with Gasteiger partial charge in [0.25, 0.3) is 5.91 Å².